The Hall–Kier alpha value is -2.89. The number of methoxy groups -OCH3 is 2. The molecule has 122 valence electrons. The number of rotatable bonds is 5. The Morgan fingerprint density at radius 2 is 1.39 bits per heavy atom. The number of amides is 2. The zero-order valence-corrected chi connectivity index (χ0v) is 13.6. The van der Waals surface area contributed by atoms with E-state index in [1.165, 1.54) is 4.90 Å². The van der Waals surface area contributed by atoms with Crippen molar-refractivity contribution < 1.29 is 19.0 Å². The van der Waals surface area contributed by atoms with Gasteiger partial charge in [0.25, 0.3) is 0 Å². The molecule has 0 aliphatic carbocycles. The molecule has 1 N–H and O–H groups in total. The van der Waals surface area contributed by atoms with E-state index in [1.54, 1.807) is 70.8 Å². The monoisotopic (exact) mass is 316 g/mol. The molecule has 0 bridgehead atoms. The molecule has 0 fully saturated rings. The molecule has 2 aromatic carbocycles. The Balaban J connectivity index is 2.10. The molecule has 6 nitrogen and oxygen atoms in total. The molecular weight excluding hydrogens is 296 g/mol. The summed E-state index contributed by atoms with van der Waals surface area (Å²) in [6.45, 7) is 0. The second-order valence-electron chi connectivity index (χ2n) is 5.00. The van der Waals surface area contributed by atoms with Crippen molar-refractivity contribution in [1.82, 2.24) is 4.90 Å². The van der Waals surface area contributed by atoms with Crippen LogP contribution in [0.4, 0.5) is 10.5 Å². The number of ether oxygens (including phenoxy) is 3. The highest BCUT2D eigenvalue weighted by molar-refractivity contribution is 5.88. The number of hydrogen-bond acceptors (Lipinski definition) is 4. The van der Waals surface area contributed by atoms with Gasteiger partial charge in [-0.05, 0) is 24.3 Å². The summed E-state index contributed by atoms with van der Waals surface area (Å²) < 4.78 is 16.2. The predicted octanol–water partition coefficient (Wildman–Crippen LogP) is 3.59. The molecule has 0 aromatic heterocycles. The van der Waals surface area contributed by atoms with Crippen LogP contribution in [-0.4, -0.2) is 39.2 Å². The molecule has 0 aliphatic heterocycles. The van der Waals surface area contributed by atoms with Crippen LogP contribution in [0.3, 0.4) is 0 Å². The number of benzene rings is 2. The standard InChI is InChI=1S/C17H20N2O4/c1-19(2)17(20)18-12-5-7-13(8-6-12)23-16-10-14(21-3)9-15(11-16)22-4/h5-11H,1-4H3,(H,18,20). The molecule has 0 aliphatic rings. The van der Waals surface area contributed by atoms with Crippen LogP contribution in [0.2, 0.25) is 0 Å². The Morgan fingerprint density at radius 1 is 0.870 bits per heavy atom. The SMILES string of the molecule is COc1cc(OC)cc(Oc2ccc(NC(=O)N(C)C)cc2)c1. The van der Waals surface area contributed by atoms with Gasteiger partial charge in [-0.15, -0.1) is 0 Å². The normalized spacial score (nSPS) is 9.91. The fourth-order valence-electron chi connectivity index (χ4n) is 1.82. The number of nitrogens with one attached hydrogen (secondary N) is 1. The van der Waals surface area contributed by atoms with Crippen LogP contribution in [0.5, 0.6) is 23.0 Å². The third-order valence-electron chi connectivity index (χ3n) is 3.07. The van der Waals surface area contributed by atoms with Gasteiger partial charge in [-0.25, -0.2) is 4.79 Å². The second-order valence-corrected chi connectivity index (χ2v) is 5.00. The van der Waals surface area contributed by atoms with E-state index < -0.39 is 0 Å². The van der Waals surface area contributed by atoms with Gasteiger partial charge >= 0.3 is 6.03 Å². The number of carbonyl (C=O) groups is 1. The van der Waals surface area contributed by atoms with E-state index in [2.05, 4.69) is 5.32 Å². The summed E-state index contributed by atoms with van der Waals surface area (Å²) in [5.41, 5.74) is 0.694. The summed E-state index contributed by atoms with van der Waals surface area (Å²) in [5.74, 6) is 2.54. The number of nitrogens with zero attached hydrogens (tertiary/aromatic N) is 1. The van der Waals surface area contributed by atoms with Crippen molar-refractivity contribution in [3.8, 4) is 23.0 Å². The molecule has 0 spiro atoms. The minimum Gasteiger partial charge on any atom is -0.496 e. The number of carbonyl (C=O) groups excluding carboxylic acids is 1. The van der Waals surface area contributed by atoms with E-state index in [0.29, 0.717) is 28.7 Å². The lowest BCUT2D eigenvalue weighted by Crippen LogP contribution is -2.27. The molecular formula is C17H20N2O4. The first kappa shape index (κ1) is 16.5. The van der Waals surface area contributed by atoms with Gasteiger partial charge in [-0.2, -0.15) is 0 Å². The fraction of sp³-hybridized carbons (Fsp3) is 0.235. The predicted molar refractivity (Wildman–Crippen MR) is 88.8 cm³/mol. The highest BCUT2D eigenvalue weighted by Gasteiger charge is 2.06. The molecule has 0 saturated carbocycles. The number of hydrogen-bond donors (Lipinski definition) is 1. The van der Waals surface area contributed by atoms with E-state index >= 15 is 0 Å². The average Bonchev–Trinajstić information content (AvgIpc) is 2.56. The van der Waals surface area contributed by atoms with Crippen LogP contribution in [0.15, 0.2) is 42.5 Å². The van der Waals surface area contributed by atoms with E-state index in [0.717, 1.165) is 0 Å². The molecule has 2 rings (SSSR count). The minimum atomic E-state index is -0.184. The molecule has 2 aromatic rings. The van der Waals surface area contributed by atoms with Crippen molar-refractivity contribution in [3.63, 3.8) is 0 Å². The van der Waals surface area contributed by atoms with Gasteiger partial charge in [0.2, 0.25) is 0 Å². The van der Waals surface area contributed by atoms with E-state index in [9.17, 15) is 4.79 Å². The summed E-state index contributed by atoms with van der Waals surface area (Å²) in [6, 6.07) is 12.2. The van der Waals surface area contributed by atoms with E-state index in [4.69, 9.17) is 14.2 Å². The third kappa shape index (κ3) is 4.54. The molecule has 0 heterocycles. The lowest BCUT2D eigenvalue weighted by molar-refractivity contribution is 0.230. The maximum Gasteiger partial charge on any atom is 0.321 e. The number of anilines is 1. The average molecular weight is 316 g/mol. The molecule has 23 heavy (non-hydrogen) atoms. The van der Waals surface area contributed by atoms with Crippen molar-refractivity contribution in [1.29, 1.82) is 0 Å². The molecule has 0 saturated heterocycles. The highest BCUT2D eigenvalue weighted by atomic mass is 16.5. The third-order valence-corrected chi connectivity index (χ3v) is 3.07. The maximum absolute atomic E-state index is 11.6. The van der Waals surface area contributed by atoms with E-state index in [-0.39, 0.29) is 6.03 Å². The van der Waals surface area contributed by atoms with Crippen LogP contribution in [0, 0.1) is 0 Å². The van der Waals surface area contributed by atoms with Gasteiger partial charge in [-0.1, -0.05) is 0 Å². The van der Waals surface area contributed by atoms with Crippen molar-refractivity contribution in [2.75, 3.05) is 33.6 Å². The van der Waals surface area contributed by atoms with Gasteiger partial charge in [0, 0.05) is 38.0 Å². The van der Waals surface area contributed by atoms with Crippen LogP contribution in [0.1, 0.15) is 0 Å². The zero-order chi connectivity index (χ0) is 16.8. The lowest BCUT2D eigenvalue weighted by atomic mass is 10.3. The first-order valence-corrected chi connectivity index (χ1v) is 7.01. The summed E-state index contributed by atoms with van der Waals surface area (Å²) in [4.78, 5) is 13.1. The smallest absolute Gasteiger partial charge is 0.321 e. The topological polar surface area (TPSA) is 60.0 Å². The van der Waals surface area contributed by atoms with Crippen LogP contribution >= 0.6 is 0 Å². The van der Waals surface area contributed by atoms with Crippen molar-refractivity contribution >= 4 is 11.7 Å². The molecule has 0 atom stereocenters. The highest BCUT2D eigenvalue weighted by Crippen LogP contribution is 2.31. The number of urea groups is 1. The van der Waals surface area contributed by atoms with Gasteiger partial charge < -0.3 is 24.4 Å². The Bertz CT molecular complexity index is 647. The van der Waals surface area contributed by atoms with Crippen molar-refractivity contribution in [2.24, 2.45) is 0 Å². The largest absolute Gasteiger partial charge is 0.496 e. The molecule has 0 unspecified atom stereocenters. The lowest BCUT2D eigenvalue weighted by Gasteiger charge is -2.13. The van der Waals surface area contributed by atoms with Gasteiger partial charge in [-0.3, -0.25) is 0 Å². The zero-order valence-electron chi connectivity index (χ0n) is 13.6. The first-order valence-electron chi connectivity index (χ1n) is 7.01. The van der Waals surface area contributed by atoms with Gasteiger partial charge in [0.1, 0.15) is 23.0 Å². The van der Waals surface area contributed by atoms with Crippen molar-refractivity contribution in [3.05, 3.63) is 42.5 Å². The summed E-state index contributed by atoms with van der Waals surface area (Å²) in [7, 11) is 6.54. The second kappa shape index (κ2) is 7.40. The van der Waals surface area contributed by atoms with Crippen molar-refractivity contribution in [2.45, 2.75) is 0 Å². The Morgan fingerprint density at radius 3 is 1.87 bits per heavy atom. The molecule has 2 amide bonds. The van der Waals surface area contributed by atoms with Gasteiger partial charge in [0.05, 0.1) is 14.2 Å². The fourth-order valence-corrected chi connectivity index (χ4v) is 1.82. The summed E-state index contributed by atoms with van der Waals surface area (Å²) >= 11 is 0. The Labute approximate surface area is 135 Å². The Kier molecular flexibility index (Phi) is 5.30. The first-order chi connectivity index (χ1) is 11.0. The summed E-state index contributed by atoms with van der Waals surface area (Å²) in [5, 5.41) is 2.76. The van der Waals surface area contributed by atoms with Crippen LogP contribution in [0.25, 0.3) is 0 Å². The summed E-state index contributed by atoms with van der Waals surface area (Å²) in [6.07, 6.45) is 0. The van der Waals surface area contributed by atoms with E-state index in [1.807, 2.05) is 0 Å². The minimum absolute atomic E-state index is 0.184. The van der Waals surface area contributed by atoms with Crippen LogP contribution < -0.4 is 19.5 Å². The molecule has 0 radical (unpaired) electrons. The van der Waals surface area contributed by atoms with Gasteiger partial charge in [0.15, 0.2) is 0 Å². The maximum atomic E-state index is 11.6. The van der Waals surface area contributed by atoms with Crippen LogP contribution in [-0.2, 0) is 0 Å². The quantitative estimate of drug-likeness (QED) is 0.916. The molecule has 6 heteroatoms.